The summed E-state index contributed by atoms with van der Waals surface area (Å²) in [5.41, 5.74) is 5.31. The highest BCUT2D eigenvalue weighted by Crippen LogP contribution is 2.24. The number of hydrogen-bond donors (Lipinski definition) is 3. The van der Waals surface area contributed by atoms with E-state index >= 15 is 0 Å². The monoisotopic (exact) mass is 400 g/mol. The summed E-state index contributed by atoms with van der Waals surface area (Å²) in [5, 5.41) is 8.93. The van der Waals surface area contributed by atoms with Crippen molar-refractivity contribution in [2.75, 3.05) is 10.6 Å². The number of amides is 2. The van der Waals surface area contributed by atoms with Crippen molar-refractivity contribution in [3.8, 4) is 0 Å². The minimum absolute atomic E-state index is 0.369. The van der Waals surface area contributed by atoms with E-state index in [1.54, 1.807) is 0 Å². The van der Waals surface area contributed by atoms with Gasteiger partial charge in [0.05, 0.1) is 5.71 Å². The number of rotatable bonds is 3. The number of para-hydroxylation sites is 1. The molecule has 1 aliphatic rings. The number of urea groups is 1. The Kier molecular flexibility index (Phi) is 5.35. The fourth-order valence-electron chi connectivity index (χ4n) is 3.20. The molecule has 3 aromatic carbocycles. The van der Waals surface area contributed by atoms with E-state index in [-0.39, 0.29) is 6.03 Å². The summed E-state index contributed by atoms with van der Waals surface area (Å²) in [6, 6.07) is 25.0. The molecule has 3 N–H and O–H groups in total. The van der Waals surface area contributed by atoms with Gasteiger partial charge in [-0.2, -0.15) is 0 Å². The number of benzodiazepines with no additional fused rings is 1. The molecule has 0 fully saturated rings. The molecular weight excluding hydrogens is 380 g/mol. The summed E-state index contributed by atoms with van der Waals surface area (Å²) >= 11 is 5.54. The van der Waals surface area contributed by atoms with Crippen molar-refractivity contribution < 1.29 is 4.79 Å². The summed E-state index contributed by atoms with van der Waals surface area (Å²) in [5.74, 6) is 0. The van der Waals surface area contributed by atoms with Crippen LogP contribution in [0.5, 0.6) is 0 Å². The Hall–Kier alpha value is -3.51. The maximum atomic E-state index is 12.6. The van der Waals surface area contributed by atoms with Crippen molar-refractivity contribution in [2.24, 2.45) is 4.99 Å². The highest BCUT2D eigenvalue weighted by molar-refractivity contribution is 7.80. The van der Waals surface area contributed by atoms with Crippen molar-refractivity contribution in [2.45, 2.75) is 13.1 Å². The lowest BCUT2D eigenvalue weighted by Gasteiger charge is -2.16. The van der Waals surface area contributed by atoms with Gasteiger partial charge in [0.25, 0.3) is 0 Å². The SMILES string of the molecule is Cc1cccc(NC(=O)N[C@@H]2N=C(c3ccccc3)c3ccccc3NC2=S)c1. The van der Waals surface area contributed by atoms with E-state index in [0.29, 0.717) is 10.7 Å². The number of thiocarbonyl (C=S) groups is 1. The van der Waals surface area contributed by atoms with Gasteiger partial charge in [0.2, 0.25) is 0 Å². The number of fused-ring (bicyclic) bond motifs is 1. The van der Waals surface area contributed by atoms with Crippen molar-refractivity contribution >= 4 is 40.3 Å². The van der Waals surface area contributed by atoms with Crippen molar-refractivity contribution in [1.82, 2.24) is 5.32 Å². The van der Waals surface area contributed by atoms with Gasteiger partial charge in [-0.05, 0) is 30.7 Å². The third-order valence-electron chi connectivity index (χ3n) is 4.54. The van der Waals surface area contributed by atoms with E-state index in [1.165, 1.54) is 0 Å². The van der Waals surface area contributed by atoms with E-state index in [4.69, 9.17) is 17.2 Å². The third kappa shape index (κ3) is 4.33. The molecule has 6 heteroatoms. The summed E-state index contributed by atoms with van der Waals surface area (Å²) in [4.78, 5) is 17.8. The van der Waals surface area contributed by atoms with Gasteiger partial charge < -0.3 is 16.0 Å². The van der Waals surface area contributed by atoms with Gasteiger partial charge in [-0.3, -0.25) is 4.99 Å². The number of carbonyl (C=O) groups excluding carboxylic acids is 1. The summed E-state index contributed by atoms with van der Waals surface area (Å²) in [7, 11) is 0. The predicted molar refractivity (Wildman–Crippen MR) is 122 cm³/mol. The predicted octanol–water partition coefficient (Wildman–Crippen LogP) is 4.73. The largest absolute Gasteiger partial charge is 0.346 e. The fraction of sp³-hybridized carbons (Fsp3) is 0.0870. The first-order chi connectivity index (χ1) is 14.1. The number of benzene rings is 3. The molecule has 0 aromatic heterocycles. The third-order valence-corrected chi connectivity index (χ3v) is 4.86. The van der Waals surface area contributed by atoms with Crippen LogP contribution >= 0.6 is 12.2 Å². The number of carbonyl (C=O) groups is 1. The molecule has 0 aliphatic carbocycles. The average molecular weight is 401 g/mol. The number of aliphatic imine (C=N–C) groups is 1. The Labute approximate surface area is 174 Å². The van der Waals surface area contributed by atoms with Gasteiger partial charge in [0.1, 0.15) is 4.99 Å². The van der Waals surface area contributed by atoms with Gasteiger partial charge in [-0.25, -0.2) is 4.79 Å². The summed E-state index contributed by atoms with van der Waals surface area (Å²) < 4.78 is 0. The highest BCUT2D eigenvalue weighted by Gasteiger charge is 2.24. The Morgan fingerprint density at radius 1 is 1.00 bits per heavy atom. The Morgan fingerprint density at radius 3 is 2.55 bits per heavy atom. The van der Waals surface area contributed by atoms with Gasteiger partial charge in [-0.1, -0.05) is 72.9 Å². The van der Waals surface area contributed by atoms with Crippen molar-refractivity contribution in [1.29, 1.82) is 0 Å². The number of nitrogens with one attached hydrogen (secondary N) is 3. The minimum Gasteiger partial charge on any atom is -0.346 e. The van der Waals surface area contributed by atoms with Crippen molar-refractivity contribution in [3.63, 3.8) is 0 Å². The van der Waals surface area contributed by atoms with Crippen LogP contribution in [0.2, 0.25) is 0 Å². The normalized spacial score (nSPS) is 15.4. The smallest absolute Gasteiger partial charge is 0.321 e. The molecule has 1 heterocycles. The van der Waals surface area contributed by atoms with Crippen LogP contribution in [0, 0.1) is 6.92 Å². The van der Waals surface area contributed by atoms with E-state index in [0.717, 1.165) is 28.1 Å². The lowest BCUT2D eigenvalue weighted by atomic mass is 10.0. The number of hydrogen-bond acceptors (Lipinski definition) is 3. The zero-order chi connectivity index (χ0) is 20.2. The highest BCUT2D eigenvalue weighted by atomic mass is 32.1. The quantitative estimate of drug-likeness (QED) is 0.557. The molecule has 0 saturated carbocycles. The van der Waals surface area contributed by atoms with Gasteiger partial charge in [-0.15, -0.1) is 0 Å². The Bertz CT molecular complexity index is 1090. The zero-order valence-corrected chi connectivity index (χ0v) is 16.7. The lowest BCUT2D eigenvalue weighted by molar-refractivity contribution is 0.251. The first kappa shape index (κ1) is 18.8. The van der Waals surface area contributed by atoms with Crippen LogP contribution in [0.4, 0.5) is 16.2 Å². The zero-order valence-electron chi connectivity index (χ0n) is 15.8. The van der Waals surface area contributed by atoms with Gasteiger partial charge in [0.15, 0.2) is 6.17 Å². The molecule has 3 aromatic rings. The average Bonchev–Trinajstić information content (AvgIpc) is 2.85. The first-order valence-corrected chi connectivity index (χ1v) is 9.69. The molecule has 0 saturated heterocycles. The van der Waals surface area contributed by atoms with Crippen molar-refractivity contribution in [3.05, 3.63) is 95.6 Å². The van der Waals surface area contributed by atoms with E-state index in [1.807, 2.05) is 85.8 Å². The molecule has 29 heavy (non-hydrogen) atoms. The van der Waals surface area contributed by atoms with Crippen LogP contribution in [0.15, 0.2) is 83.9 Å². The van der Waals surface area contributed by atoms with E-state index < -0.39 is 6.17 Å². The Morgan fingerprint density at radius 2 is 1.76 bits per heavy atom. The summed E-state index contributed by atoms with van der Waals surface area (Å²) in [6.45, 7) is 1.97. The van der Waals surface area contributed by atoms with Crippen LogP contribution in [0.25, 0.3) is 0 Å². The maximum absolute atomic E-state index is 12.6. The van der Waals surface area contributed by atoms with Crippen LogP contribution in [-0.4, -0.2) is 22.9 Å². The molecule has 5 nitrogen and oxygen atoms in total. The molecule has 4 rings (SSSR count). The molecule has 0 radical (unpaired) electrons. The van der Waals surface area contributed by atoms with Crippen LogP contribution in [0.3, 0.4) is 0 Å². The fourth-order valence-corrected chi connectivity index (χ4v) is 3.42. The second-order valence-electron chi connectivity index (χ2n) is 6.75. The molecular formula is C23H20N4OS. The molecule has 0 bridgehead atoms. The molecule has 1 aliphatic heterocycles. The maximum Gasteiger partial charge on any atom is 0.321 e. The molecule has 1 atom stereocenters. The topological polar surface area (TPSA) is 65.5 Å². The van der Waals surface area contributed by atoms with E-state index in [9.17, 15) is 4.79 Å². The van der Waals surface area contributed by atoms with Crippen LogP contribution in [-0.2, 0) is 0 Å². The number of anilines is 2. The molecule has 0 spiro atoms. The molecule has 2 amide bonds. The second kappa shape index (κ2) is 8.24. The Balaban J connectivity index is 1.64. The van der Waals surface area contributed by atoms with Gasteiger partial charge >= 0.3 is 6.03 Å². The minimum atomic E-state index is -0.697. The van der Waals surface area contributed by atoms with Gasteiger partial charge in [0, 0.05) is 22.5 Å². The number of nitrogens with zero attached hydrogens (tertiary/aromatic N) is 1. The second-order valence-corrected chi connectivity index (χ2v) is 7.19. The number of aryl methyl sites for hydroxylation is 1. The molecule has 144 valence electrons. The van der Waals surface area contributed by atoms with Crippen LogP contribution < -0.4 is 16.0 Å². The summed E-state index contributed by atoms with van der Waals surface area (Å²) in [6.07, 6.45) is -0.697. The standard InChI is InChI=1S/C23H20N4OS/c1-15-8-7-11-17(14-15)24-23(28)27-21-22(29)25-19-13-6-5-12-18(19)20(26-21)16-9-3-2-4-10-16/h2-14,21H,1H3,(H,25,29)(H2,24,27,28)/t21-/m0/s1. The molecule has 0 unspecified atom stereocenters. The van der Waals surface area contributed by atoms with E-state index in [2.05, 4.69) is 16.0 Å². The van der Waals surface area contributed by atoms with Crippen LogP contribution in [0.1, 0.15) is 16.7 Å². The first-order valence-electron chi connectivity index (χ1n) is 9.28. The lowest BCUT2D eigenvalue weighted by Crippen LogP contribution is -2.43.